The van der Waals surface area contributed by atoms with Crippen LogP contribution in [0.4, 0.5) is 5.69 Å². The third-order valence-corrected chi connectivity index (χ3v) is 3.64. The topological polar surface area (TPSA) is 16.1 Å². The zero-order valence-electron chi connectivity index (χ0n) is 12.3. The van der Waals surface area contributed by atoms with Crippen LogP contribution in [0.1, 0.15) is 25.1 Å². The second kappa shape index (κ2) is 5.87. The molecule has 1 aromatic heterocycles. The van der Waals surface area contributed by atoms with Gasteiger partial charge in [0.15, 0.2) is 0 Å². The van der Waals surface area contributed by atoms with Gasteiger partial charge in [-0.05, 0) is 57.0 Å². The van der Waals surface area contributed by atoms with Gasteiger partial charge >= 0.3 is 0 Å². The molecule has 0 aliphatic rings. The molecule has 100 valence electrons. The highest BCUT2D eigenvalue weighted by Gasteiger charge is 2.08. The molecule has 0 unspecified atom stereocenters. The second-order valence-electron chi connectivity index (χ2n) is 4.81. The van der Waals surface area contributed by atoms with Gasteiger partial charge in [0.05, 0.1) is 0 Å². The normalized spacial score (nSPS) is 10.5. The molecule has 0 aliphatic heterocycles. The SMILES string of the molecule is CCN(CC)c1ccc(-c2cccnc2C)c(C)c1. The van der Waals surface area contributed by atoms with Crippen LogP contribution in [0.3, 0.4) is 0 Å². The second-order valence-corrected chi connectivity index (χ2v) is 4.81. The van der Waals surface area contributed by atoms with Crippen molar-refractivity contribution in [2.45, 2.75) is 27.7 Å². The van der Waals surface area contributed by atoms with Crippen molar-refractivity contribution in [3.63, 3.8) is 0 Å². The third-order valence-electron chi connectivity index (χ3n) is 3.64. The minimum absolute atomic E-state index is 1.04. The summed E-state index contributed by atoms with van der Waals surface area (Å²) in [7, 11) is 0. The fourth-order valence-corrected chi connectivity index (χ4v) is 2.50. The van der Waals surface area contributed by atoms with Crippen molar-refractivity contribution in [3.8, 4) is 11.1 Å². The predicted molar refractivity (Wildman–Crippen MR) is 82.7 cm³/mol. The molecule has 0 radical (unpaired) electrons. The summed E-state index contributed by atoms with van der Waals surface area (Å²) in [6.07, 6.45) is 1.85. The van der Waals surface area contributed by atoms with E-state index in [2.05, 4.69) is 61.8 Å². The van der Waals surface area contributed by atoms with E-state index >= 15 is 0 Å². The van der Waals surface area contributed by atoms with Crippen LogP contribution in [-0.4, -0.2) is 18.1 Å². The summed E-state index contributed by atoms with van der Waals surface area (Å²) >= 11 is 0. The number of hydrogen-bond acceptors (Lipinski definition) is 2. The van der Waals surface area contributed by atoms with Crippen LogP contribution in [-0.2, 0) is 0 Å². The summed E-state index contributed by atoms with van der Waals surface area (Å²) in [5.74, 6) is 0. The van der Waals surface area contributed by atoms with E-state index in [1.165, 1.54) is 22.4 Å². The summed E-state index contributed by atoms with van der Waals surface area (Å²) in [6.45, 7) is 10.7. The van der Waals surface area contributed by atoms with Crippen molar-refractivity contribution in [1.29, 1.82) is 0 Å². The summed E-state index contributed by atoms with van der Waals surface area (Å²) in [5.41, 5.74) is 6.20. The summed E-state index contributed by atoms with van der Waals surface area (Å²) in [6, 6.07) is 10.8. The van der Waals surface area contributed by atoms with Crippen molar-refractivity contribution in [3.05, 3.63) is 47.8 Å². The number of anilines is 1. The molecule has 19 heavy (non-hydrogen) atoms. The monoisotopic (exact) mass is 254 g/mol. The molecule has 0 aliphatic carbocycles. The number of nitrogens with zero attached hydrogens (tertiary/aromatic N) is 2. The Hall–Kier alpha value is -1.83. The first-order valence-electron chi connectivity index (χ1n) is 6.95. The summed E-state index contributed by atoms with van der Waals surface area (Å²) in [5, 5.41) is 0. The van der Waals surface area contributed by atoms with Gasteiger partial charge in [0.1, 0.15) is 0 Å². The van der Waals surface area contributed by atoms with Gasteiger partial charge in [-0.15, -0.1) is 0 Å². The lowest BCUT2D eigenvalue weighted by atomic mass is 9.99. The van der Waals surface area contributed by atoms with Crippen LogP contribution in [0.25, 0.3) is 11.1 Å². The molecule has 2 heteroatoms. The molecular weight excluding hydrogens is 232 g/mol. The molecule has 0 saturated heterocycles. The average molecular weight is 254 g/mol. The van der Waals surface area contributed by atoms with Gasteiger partial charge in [0.25, 0.3) is 0 Å². The Morgan fingerprint density at radius 1 is 1.00 bits per heavy atom. The first-order valence-corrected chi connectivity index (χ1v) is 6.95. The molecule has 0 fully saturated rings. The van der Waals surface area contributed by atoms with Crippen LogP contribution in [0.15, 0.2) is 36.5 Å². The maximum Gasteiger partial charge on any atom is 0.0451 e. The number of hydrogen-bond donors (Lipinski definition) is 0. The van der Waals surface area contributed by atoms with Crippen LogP contribution in [0.2, 0.25) is 0 Å². The molecule has 0 saturated carbocycles. The zero-order valence-corrected chi connectivity index (χ0v) is 12.3. The van der Waals surface area contributed by atoms with Gasteiger partial charge in [-0.2, -0.15) is 0 Å². The Labute approximate surface area is 116 Å². The van der Waals surface area contributed by atoms with Crippen molar-refractivity contribution >= 4 is 5.69 Å². The Kier molecular flexibility index (Phi) is 4.20. The number of aromatic nitrogens is 1. The van der Waals surface area contributed by atoms with Gasteiger partial charge in [0, 0.05) is 36.2 Å². The molecule has 1 aromatic carbocycles. The fraction of sp³-hybridized carbons (Fsp3) is 0.353. The Balaban J connectivity index is 2.43. The van der Waals surface area contributed by atoms with Crippen LogP contribution in [0, 0.1) is 13.8 Å². The van der Waals surface area contributed by atoms with Crippen molar-refractivity contribution in [1.82, 2.24) is 4.98 Å². The average Bonchev–Trinajstić information content (AvgIpc) is 2.41. The molecule has 2 nitrogen and oxygen atoms in total. The Morgan fingerprint density at radius 3 is 2.32 bits per heavy atom. The number of pyridine rings is 1. The molecule has 0 amide bonds. The minimum atomic E-state index is 1.04. The fourth-order valence-electron chi connectivity index (χ4n) is 2.50. The van der Waals surface area contributed by atoms with E-state index in [0.29, 0.717) is 0 Å². The highest BCUT2D eigenvalue weighted by Crippen LogP contribution is 2.28. The van der Waals surface area contributed by atoms with Crippen LogP contribution in [0.5, 0.6) is 0 Å². The molecule has 1 heterocycles. The lowest BCUT2D eigenvalue weighted by Crippen LogP contribution is -2.21. The first kappa shape index (κ1) is 13.6. The molecular formula is C17H22N2. The van der Waals surface area contributed by atoms with E-state index in [1.807, 2.05) is 12.3 Å². The van der Waals surface area contributed by atoms with E-state index in [-0.39, 0.29) is 0 Å². The van der Waals surface area contributed by atoms with Crippen LogP contribution >= 0.6 is 0 Å². The highest BCUT2D eigenvalue weighted by molar-refractivity contribution is 5.71. The lowest BCUT2D eigenvalue weighted by Gasteiger charge is -2.22. The Morgan fingerprint density at radius 2 is 1.74 bits per heavy atom. The van der Waals surface area contributed by atoms with E-state index < -0.39 is 0 Å². The van der Waals surface area contributed by atoms with Crippen molar-refractivity contribution < 1.29 is 0 Å². The van der Waals surface area contributed by atoms with Gasteiger partial charge in [-0.25, -0.2) is 0 Å². The zero-order chi connectivity index (χ0) is 13.8. The molecule has 0 spiro atoms. The number of benzene rings is 1. The molecule has 0 N–H and O–H groups in total. The van der Waals surface area contributed by atoms with Crippen molar-refractivity contribution in [2.75, 3.05) is 18.0 Å². The minimum Gasteiger partial charge on any atom is -0.372 e. The maximum atomic E-state index is 4.38. The van der Waals surface area contributed by atoms with Gasteiger partial charge in [0.2, 0.25) is 0 Å². The van der Waals surface area contributed by atoms with E-state index in [9.17, 15) is 0 Å². The largest absolute Gasteiger partial charge is 0.372 e. The van der Waals surface area contributed by atoms with Crippen LogP contribution < -0.4 is 4.90 Å². The van der Waals surface area contributed by atoms with E-state index in [1.54, 1.807) is 0 Å². The maximum absolute atomic E-state index is 4.38. The molecule has 2 aromatic rings. The van der Waals surface area contributed by atoms with Gasteiger partial charge in [-0.1, -0.05) is 12.1 Å². The molecule has 0 bridgehead atoms. The highest BCUT2D eigenvalue weighted by atomic mass is 15.1. The van der Waals surface area contributed by atoms with Crippen molar-refractivity contribution in [2.24, 2.45) is 0 Å². The standard InChI is InChI=1S/C17H22N2/c1-5-19(6-2)15-9-10-16(13(3)12-15)17-8-7-11-18-14(17)4/h7-12H,5-6H2,1-4H3. The Bertz CT molecular complexity index is 557. The first-order chi connectivity index (χ1) is 9.17. The summed E-state index contributed by atoms with van der Waals surface area (Å²) < 4.78 is 0. The predicted octanol–water partition coefficient (Wildman–Crippen LogP) is 4.21. The number of rotatable bonds is 4. The van der Waals surface area contributed by atoms with E-state index in [4.69, 9.17) is 0 Å². The summed E-state index contributed by atoms with van der Waals surface area (Å²) in [4.78, 5) is 6.74. The molecule has 0 atom stereocenters. The van der Waals surface area contributed by atoms with Gasteiger partial charge < -0.3 is 4.90 Å². The molecule has 2 rings (SSSR count). The number of aryl methyl sites for hydroxylation is 2. The lowest BCUT2D eigenvalue weighted by molar-refractivity contribution is 0.866. The van der Waals surface area contributed by atoms with E-state index in [0.717, 1.165) is 18.8 Å². The smallest absolute Gasteiger partial charge is 0.0451 e. The third kappa shape index (κ3) is 2.78. The van der Waals surface area contributed by atoms with Gasteiger partial charge in [-0.3, -0.25) is 4.98 Å². The quantitative estimate of drug-likeness (QED) is 0.812.